The van der Waals surface area contributed by atoms with E-state index in [1.54, 1.807) is 0 Å². The number of halogens is 1. The maximum atomic E-state index is 11.9. The van der Waals surface area contributed by atoms with Crippen LogP contribution in [-0.2, 0) is 0 Å². The number of nitrogens with zero attached hydrogens (tertiary/aromatic N) is 1. The maximum absolute atomic E-state index is 11.9. The summed E-state index contributed by atoms with van der Waals surface area (Å²) < 4.78 is 1.09. The summed E-state index contributed by atoms with van der Waals surface area (Å²) in [5.74, 6) is 0.0238. The molecule has 0 fully saturated rings. The molecule has 1 aromatic carbocycles. The lowest BCUT2D eigenvalue weighted by atomic mass is 10.2. The molecule has 0 aromatic heterocycles. The Kier molecular flexibility index (Phi) is 7.38. The zero-order valence-corrected chi connectivity index (χ0v) is 14.1. The first-order valence-corrected chi connectivity index (χ1v) is 7.82. The largest absolute Gasteiger partial charge is 0.352 e. The molecule has 1 aromatic rings. The molecular weight excluding hydrogens is 351 g/mol. The van der Waals surface area contributed by atoms with Gasteiger partial charge in [0.15, 0.2) is 0 Å². The predicted molar refractivity (Wildman–Crippen MR) is 88.5 cm³/mol. The molecule has 3 nitrogen and oxygen atoms in total. The Labute approximate surface area is 129 Å². The molecule has 4 heteroatoms. The van der Waals surface area contributed by atoms with Crippen molar-refractivity contribution in [1.29, 1.82) is 0 Å². The normalized spacial score (nSPS) is 11.1. The van der Waals surface area contributed by atoms with E-state index in [0.717, 1.165) is 35.1 Å². The van der Waals surface area contributed by atoms with Crippen molar-refractivity contribution in [3.8, 4) is 0 Å². The molecule has 0 aliphatic rings. The fourth-order valence-electron chi connectivity index (χ4n) is 1.68. The summed E-state index contributed by atoms with van der Waals surface area (Å²) in [5, 5.41) is 2.97. The molecule has 106 valence electrons. The maximum Gasteiger partial charge on any atom is 0.251 e. The Bertz CT molecular complexity index is 407. The van der Waals surface area contributed by atoms with Gasteiger partial charge < -0.3 is 10.2 Å². The van der Waals surface area contributed by atoms with E-state index in [2.05, 4.69) is 53.7 Å². The van der Waals surface area contributed by atoms with Gasteiger partial charge >= 0.3 is 0 Å². The summed E-state index contributed by atoms with van der Waals surface area (Å²) in [4.78, 5) is 14.2. The predicted octanol–water partition coefficient (Wildman–Crippen LogP) is 3.14. The van der Waals surface area contributed by atoms with Gasteiger partial charge in [0.25, 0.3) is 5.91 Å². The highest BCUT2D eigenvalue weighted by Crippen LogP contribution is 2.07. The highest BCUT2D eigenvalue weighted by Gasteiger charge is 2.05. The van der Waals surface area contributed by atoms with E-state index >= 15 is 0 Å². The van der Waals surface area contributed by atoms with Gasteiger partial charge in [-0.25, -0.2) is 0 Å². The number of amides is 1. The second kappa shape index (κ2) is 8.53. The van der Waals surface area contributed by atoms with Crippen LogP contribution in [0, 0.1) is 3.57 Å². The van der Waals surface area contributed by atoms with Crippen LogP contribution >= 0.6 is 22.6 Å². The Hall–Kier alpha value is -0.620. The van der Waals surface area contributed by atoms with E-state index in [9.17, 15) is 4.79 Å². The minimum atomic E-state index is 0.0238. The van der Waals surface area contributed by atoms with Gasteiger partial charge in [0, 0.05) is 21.7 Å². The molecule has 0 aliphatic carbocycles. The number of hydrogen-bond donors (Lipinski definition) is 1. The van der Waals surface area contributed by atoms with Crippen molar-refractivity contribution in [2.24, 2.45) is 0 Å². The smallest absolute Gasteiger partial charge is 0.251 e. The molecule has 1 amide bonds. The van der Waals surface area contributed by atoms with E-state index in [4.69, 9.17) is 0 Å². The van der Waals surface area contributed by atoms with Crippen LogP contribution in [0.15, 0.2) is 24.3 Å². The van der Waals surface area contributed by atoms with Crippen LogP contribution in [0.2, 0.25) is 0 Å². The van der Waals surface area contributed by atoms with E-state index < -0.39 is 0 Å². The highest BCUT2D eigenvalue weighted by atomic mass is 127. The van der Waals surface area contributed by atoms with Crippen LogP contribution < -0.4 is 5.32 Å². The van der Waals surface area contributed by atoms with Crippen molar-refractivity contribution >= 4 is 28.5 Å². The molecule has 0 radical (unpaired) electrons. The van der Waals surface area contributed by atoms with Crippen LogP contribution in [0.4, 0.5) is 0 Å². The number of unbranched alkanes of at least 4 members (excludes halogenated alkanes) is 1. The van der Waals surface area contributed by atoms with Crippen molar-refractivity contribution in [3.63, 3.8) is 0 Å². The van der Waals surface area contributed by atoms with Gasteiger partial charge in [0.05, 0.1) is 0 Å². The molecule has 0 saturated carbocycles. The molecule has 0 bridgehead atoms. The van der Waals surface area contributed by atoms with Gasteiger partial charge in [0.1, 0.15) is 0 Å². The third-order valence-corrected chi connectivity index (χ3v) is 3.86. The average molecular weight is 374 g/mol. The van der Waals surface area contributed by atoms with Crippen molar-refractivity contribution < 1.29 is 4.79 Å². The van der Waals surface area contributed by atoms with E-state index in [-0.39, 0.29) is 5.91 Å². The highest BCUT2D eigenvalue weighted by molar-refractivity contribution is 14.1. The Morgan fingerprint density at radius 1 is 1.37 bits per heavy atom. The van der Waals surface area contributed by atoms with Crippen molar-refractivity contribution in [2.75, 3.05) is 20.1 Å². The summed E-state index contributed by atoms with van der Waals surface area (Å²) >= 11 is 2.22. The minimum absolute atomic E-state index is 0.0238. The molecular formula is C15H23IN2O. The Morgan fingerprint density at radius 2 is 2.11 bits per heavy atom. The van der Waals surface area contributed by atoms with Crippen LogP contribution in [-0.4, -0.2) is 37.0 Å². The SMILES string of the molecule is CC(C)N(C)CCCCNC(=O)c1cccc(I)c1. The monoisotopic (exact) mass is 374 g/mol. The van der Waals surface area contributed by atoms with Gasteiger partial charge in [-0.05, 0) is 81.1 Å². The summed E-state index contributed by atoms with van der Waals surface area (Å²) in [6, 6.07) is 8.24. The van der Waals surface area contributed by atoms with Gasteiger partial charge in [-0.1, -0.05) is 6.07 Å². The summed E-state index contributed by atoms with van der Waals surface area (Å²) in [5.41, 5.74) is 0.742. The number of nitrogens with one attached hydrogen (secondary N) is 1. The molecule has 19 heavy (non-hydrogen) atoms. The van der Waals surface area contributed by atoms with Crippen molar-refractivity contribution in [2.45, 2.75) is 32.7 Å². The number of hydrogen-bond acceptors (Lipinski definition) is 2. The molecule has 0 aliphatic heterocycles. The number of carbonyl (C=O) groups excluding carboxylic acids is 1. The van der Waals surface area contributed by atoms with Crippen LogP contribution in [0.1, 0.15) is 37.0 Å². The number of rotatable bonds is 7. The molecule has 0 saturated heterocycles. The Morgan fingerprint density at radius 3 is 2.74 bits per heavy atom. The molecule has 1 N–H and O–H groups in total. The molecule has 1 rings (SSSR count). The number of carbonyl (C=O) groups is 1. The lowest BCUT2D eigenvalue weighted by molar-refractivity contribution is 0.0952. The third kappa shape index (κ3) is 6.38. The van der Waals surface area contributed by atoms with Gasteiger partial charge in [-0.2, -0.15) is 0 Å². The van der Waals surface area contributed by atoms with Gasteiger partial charge in [0.2, 0.25) is 0 Å². The summed E-state index contributed by atoms with van der Waals surface area (Å²) in [6.07, 6.45) is 2.13. The van der Waals surface area contributed by atoms with Crippen LogP contribution in [0.25, 0.3) is 0 Å². The first-order chi connectivity index (χ1) is 9.00. The van der Waals surface area contributed by atoms with Crippen molar-refractivity contribution in [3.05, 3.63) is 33.4 Å². The van der Waals surface area contributed by atoms with E-state index in [0.29, 0.717) is 6.04 Å². The fraction of sp³-hybridized carbons (Fsp3) is 0.533. The van der Waals surface area contributed by atoms with Crippen LogP contribution in [0.3, 0.4) is 0 Å². The molecule has 0 heterocycles. The first-order valence-electron chi connectivity index (χ1n) is 6.74. The topological polar surface area (TPSA) is 32.3 Å². The zero-order valence-electron chi connectivity index (χ0n) is 11.9. The van der Waals surface area contributed by atoms with Gasteiger partial charge in [-0.15, -0.1) is 0 Å². The second-order valence-electron chi connectivity index (χ2n) is 5.05. The lowest BCUT2D eigenvalue weighted by Crippen LogP contribution is -2.29. The third-order valence-electron chi connectivity index (χ3n) is 3.19. The van der Waals surface area contributed by atoms with Crippen LogP contribution in [0.5, 0.6) is 0 Å². The second-order valence-corrected chi connectivity index (χ2v) is 6.29. The van der Waals surface area contributed by atoms with E-state index in [1.165, 1.54) is 0 Å². The fourth-order valence-corrected chi connectivity index (χ4v) is 2.22. The Balaban J connectivity index is 2.21. The average Bonchev–Trinajstić information content (AvgIpc) is 2.37. The number of benzene rings is 1. The molecule has 0 atom stereocenters. The first kappa shape index (κ1) is 16.4. The van der Waals surface area contributed by atoms with Crippen molar-refractivity contribution in [1.82, 2.24) is 10.2 Å². The minimum Gasteiger partial charge on any atom is -0.352 e. The standard InChI is InChI=1S/C15H23IN2O/c1-12(2)18(3)10-5-4-9-17-15(19)13-7-6-8-14(16)11-13/h6-8,11-12H,4-5,9-10H2,1-3H3,(H,17,19). The quantitative estimate of drug-likeness (QED) is 0.588. The molecule has 0 spiro atoms. The summed E-state index contributed by atoms with van der Waals surface area (Å²) in [6.45, 7) is 6.21. The lowest BCUT2D eigenvalue weighted by Gasteiger charge is -2.20. The zero-order chi connectivity index (χ0) is 14.3. The molecule has 0 unspecified atom stereocenters. The summed E-state index contributed by atoms with van der Waals surface area (Å²) in [7, 11) is 2.13. The van der Waals surface area contributed by atoms with Gasteiger partial charge in [-0.3, -0.25) is 4.79 Å². The van der Waals surface area contributed by atoms with E-state index in [1.807, 2.05) is 24.3 Å².